The summed E-state index contributed by atoms with van der Waals surface area (Å²) in [6.07, 6.45) is 1.25. The Hall–Kier alpha value is -4.50. The van der Waals surface area contributed by atoms with Crippen molar-refractivity contribution in [3.63, 3.8) is 0 Å². The maximum Gasteiger partial charge on any atom is 0.328 e. The molecule has 0 aliphatic carbocycles. The van der Waals surface area contributed by atoms with E-state index in [9.17, 15) is 19.5 Å². The fraction of sp³-hybridized carbons (Fsp3) is 0.0833. The van der Waals surface area contributed by atoms with Gasteiger partial charge in [0.25, 0.3) is 11.8 Å². The van der Waals surface area contributed by atoms with Gasteiger partial charge in [0, 0.05) is 17.5 Å². The topological polar surface area (TPSA) is 137 Å². The third-order valence-electron chi connectivity index (χ3n) is 4.73. The zero-order valence-electron chi connectivity index (χ0n) is 17.6. The Labute approximate surface area is 190 Å². The normalized spacial score (nSPS) is 11.5. The highest BCUT2D eigenvalue weighted by molar-refractivity contribution is 6.01. The minimum atomic E-state index is -1.34. The summed E-state index contributed by atoms with van der Waals surface area (Å²) < 4.78 is 0. The number of amides is 2. The number of nitrogens with two attached hydrogens (primary N) is 1. The molecule has 9 heteroatoms. The number of aliphatic carboxylic acids is 1. The van der Waals surface area contributed by atoms with Crippen LogP contribution in [0.15, 0.2) is 89.9 Å². The standard InChI is InChI=1S/C24H23N5O4/c25-27-16-26-20-13-7-12-19(15-20)22(30)28-29(23(31)18-10-5-2-6-11-18)21(24(32)33)14-17-8-3-1-4-9-17/h1-13,15-16,21H,14,25H2,(H,26,27)(H,28,30)(H,32,33). The van der Waals surface area contributed by atoms with Gasteiger partial charge in [0.1, 0.15) is 6.34 Å². The second kappa shape index (κ2) is 11.2. The predicted octanol–water partition coefficient (Wildman–Crippen LogP) is 2.29. The van der Waals surface area contributed by atoms with E-state index < -0.39 is 23.8 Å². The lowest BCUT2D eigenvalue weighted by atomic mass is 10.0. The third-order valence-corrected chi connectivity index (χ3v) is 4.73. The molecule has 168 valence electrons. The Morgan fingerprint density at radius 2 is 1.58 bits per heavy atom. The number of carbonyl (C=O) groups is 3. The van der Waals surface area contributed by atoms with E-state index in [1.165, 1.54) is 18.5 Å². The fourth-order valence-corrected chi connectivity index (χ4v) is 3.13. The number of aliphatic imine (C=N–C) groups is 1. The number of benzene rings is 3. The van der Waals surface area contributed by atoms with E-state index in [0.29, 0.717) is 11.3 Å². The largest absolute Gasteiger partial charge is 0.480 e. The summed E-state index contributed by atoms with van der Waals surface area (Å²) in [5, 5.41) is 10.8. The molecule has 0 spiro atoms. The van der Waals surface area contributed by atoms with Crippen LogP contribution in [0.1, 0.15) is 26.3 Å². The number of rotatable bonds is 8. The molecular formula is C24H23N5O4. The second-order valence-electron chi connectivity index (χ2n) is 7.00. The lowest BCUT2D eigenvalue weighted by molar-refractivity contribution is -0.143. The van der Waals surface area contributed by atoms with Crippen molar-refractivity contribution < 1.29 is 19.5 Å². The minimum absolute atomic E-state index is 0.00152. The molecule has 9 nitrogen and oxygen atoms in total. The quantitative estimate of drug-likeness (QED) is 0.182. The van der Waals surface area contributed by atoms with Gasteiger partial charge in [0.2, 0.25) is 0 Å². The first-order chi connectivity index (χ1) is 16.0. The number of carbonyl (C=O) groups excluding carboxylic acids is 2. The molecule has 5 N–H and O–H groups in total. The maximum atomic E-state index is 13.3. The number of carboxylic acids is 1. The zero-order valence-corrected chi connectivity index (χ0v) is 17.6. The molecule has 0 radical (unpaired) electrons. The molecule has 0 heterocycles. The van der Waals surface area contributed by atoms with Crippen LogP contribution in [0.5, 0.6) is 0 Å². The molecule has 0 saturated carbocycles. The highest BCUT2D eigenvalue weighted by atomic mass is 16.4. The maximum absolute atomic E-state index is 13.3. The molecular weight excluding hydrogens is 422 g/mol. The minimum Gasteiger partial charge on any atom is -0.480 e. The summed E-state index contributed by atoms with van der Waals surface area (Å²) in [6, 6.07) is 22.0. The number of nitrogens with zero attached hydrogens (tertiary/aromatic N) is 2. The first-order valence-electron chi connectivity index (χ1n) is 10.0. The molecule has 3 rings (SSSR count). The van der Waals surface area contributed by atoms with Crippen LogP contribution in [0.3, 0.4) is 0 Å². The van der Waals surface area contributed by atoms with Gasteiger partial charge in [-0.2, -0.15) is 0 Å². The Balaban J connectivity index is 1.94. The summed E-state index contributed by atoms with van der Waals surface area (Å²) in [7, 11) is 0. The van der Waals surface area contributed by atoms with Gasteiger partial charge in [-0.05, 0) is 35.9 Å². The molecule has 0 aliphatic heterocycles. The molecule has 0 aromatic heterocycles. The number of nitrogens with one attached hydrogen (secondary N) is 2. The second-order valence-corrected chi connectivity index (χ2v) is 7.00. The summed E-state index contributed by atoms with van der Waals surface area (Å²) in [5.41, 5.74) is 6.34. The Morgan fingerprint density at radius 1 is 0.939 bits per heavy atom. The Kier molecular flexibility index (Phi) is 7.87. The van der Waals surface area contributed by atoms with Crippen molar-refractivity contribution in [1.29, 1.82) is 0 Å². The van der Waals surface area contributed by atoms with E-state index >= 15 is 0 Å². The number of hydrogen-bond donors (Lipinski definition) is 4. The molecule has 3 aromatic carbocycles. The lowest BCUT2D eigenvalue weighted by Crippen LogP contribution is -2.55. The monoisotopic (exact) mass is 445 g/mol. The van der Waals surface area contributed by atoms with Crippen LogP contribution in [0, 0.1) is 0 Å². The highest BCUT2D eigenvalue weighted by Gasteiger charge is 2.32. The van der Waals surface area contributed by atoms with E-state index in [0.717, 1.165) is 5.01 Å². The van der Waals surface area contributed by atoms with Gasteiger partial charge in [-0.3, -0.25) is 15.0 Å². The summed E-state index contributed by atoms with van der Waals surface area (Å²) in [5.74, 6) is 2.62. The summed E-state index contributed by atoms with van der Waals surface area (Å²) in [4.78, 5) is 42.5. The molecule has 1 unspecified atom stereocenters. The molecule has 0 aliphatic rings. The van der Waals surface area contributed by atoms with Gasteiger partial charge in [-0.1, -0.05) is 54.6 Å². The van der Waals surface area contributed by atoms with Crippen molar-refractivity contribution in [2.45, 2.75) is 12.5 Å². The highest BCUT2D eigenvalue weighted by Crippen LogP contribution is 2.16. The lowest BCUT2D eigenvalue weighted by Gasteiger charge is -2.29. The van der Waals surface area contributed by atoms with Crippen molar-refractivity contribution in [3.05, 3.63) is 102 Å². The SMILES string of the molecule is NNC=Nc1cccc(C(=O)NN(C(=O)c2ccccc2)C(Cc2ccccc2)C(=O)O)c1. The van der Waals surface area contributed by atoms with Crippen LogP contribution in [-0.2, 0) is 11.2 Å². The van der Waals surface area contributed by atoms with Crippen LogP contribution in [-0.4, -0.2) is 40.3 Å². The molecule has 3 aromatic rings. The molecule has 1 atom stereocenters. The smallest absolute Gasteiger partial charge is 0.328 e. The van der Waals surface area contributed by atoms with Crippen molar-refractivity contribution in [2.24, 2.45) is 10.8 Å². The average Bonchev–Trinajstić information content (AvgIpc) is 2.85. The van der Waals surface area contributed by atoms with Crippen LogP contribution < -0.4 is 16.7 Å². The van der Waals surface area contributed by atoms with Gasteiger partial charge >= 0.3 is 5.97 Å². The van der Waals surface area contributed by atoms with Crippen LogP contribution in [0.4, 0.5) is 5.69 Å². The van der Waals surface area contributed by atoms with E-state index in [1.807, 2.05) is 6.07 Å². The van der Waals surface area contributed by atoms with E-state index in [4.69, 9.17) is 5.84 Å². The van der Waals surface area contributed by atoms with E-state index in [-0.39, 0.29) is 17.5 Å². The van der Waals surface area contributed by atoms with Gasteiger partial charge in [-0.15, -0.1) is 0 Å². The molecule has 0 bridgehead atoms. The first kappa shape index (κ1) is 23.2. The predicted molar refractivity (Wildman–Crippen MR) is 124 cm³/mol. The van der Waals surface area contributed by atoms with Crippen molar-refractivity contribution >= 4 is 29.8 Å². The Morgan fingerprint density at radius 3 is 2.21 bits per heavy atom. The van der Waals surface area contributed by atoms with Crippen molar-refractivity contribution in [1.82, 2.24) is 15.9 Å². The molecule has 0 fully saturated rings. The first-order valence-corrected chi connectivity index (χ1v) is 10.0. The third kappa shape index (κ3) is 6.25. The molecule has 0 saturated heterocycles. The molecule has 2 amide bonds. The van der Waals surface area contributed by atoms with Crippen molar-refractivity contribution in [3.8, 4) is 0 Å². The van der Waals surface area contributed by atoms with E-state index in [2.05, 4.69) is 15.8 Å². The number of hydrazine groups is 2. The van der Waals surface area contributed by atoms with Crippen molar-refractivity contribution in [2.75, 3.05) is 0 Å². The summed E-state index contributed by atoms with van der Waals surface area (Å²) in [6.45, 7) is 0. The number of hydrogen-bond acceptors (Lipinski definition) is 5. The van der Waals surface area contributed by atoms with Crippen LogP contribution >= 0.6 is 0 Å². The average molecular weight is 445 g/mol. The van der Waals surface area contributed by atoms with Gasteiger partial charge in [-0.25, -0.2) is 20.6 Å². The van der Waals surface area contributed by atoms with Gasteiger partial charge < -0.3 is 10.5 Å². The van der Waals surface area contributed by atoms with Crippen LogP contribution in [0.2, 0.25) is 0 Å². The molecule has 33 heavy (non-hydrogen) atoms. The zero-order chi connectivity index (χ0) is 23.6. The summed E-state index contributed by atoms with van der Waals surface area (Å²) >= 11 is 0. The Bertz CT molecular complexity index is 1140. The van der Waals surface area contributed by atoms with Gasteiger partial charge in [0.05, 0.1) is 5.69 Å². The van der Waals surface area contributed by atoms with Crippen LogP contribution in [0.25, 0.3) is 0 Å². The fourth-order valence-electron chi connectivity index (χ4n) is 3.13. The van der Waals surface area contributed by atoms with Gasteiger partial charge in [0.15, 0.2) is 6.04 Å². The number of carboxylic acid groups (broad SMARTS) is 1. The van der Waals surface area contributed by atoms with E-state index in [1.54, 1.807) is 66.7 Å².